The molecule has 1 aliphatic rings. The number of aromatic nitrogens is 3. The molecule has 6 heteroatoms. The lowest BCUT2D eigenvalue weighted by Crippen LogP contribution is -2.44. The second-order valence-electron chi connectivity index (χ2n) is 4.36. The lowest BCUT2D eigenvalue weighted by Gasteiger charge is -2.28. The first kappa shape index (κ1) is 10.3. The first-order valence-electron chi connectivity index (χ1n) is 5.82. The van der Waals surface area contributed by atoms with Crippen LogP contribution in [-0.2, 0) is 0 Å². The van der Waals surface area contributed by atoms with Gasteiger partial charge >= 0.3 is 0 Å². The summed E-state index contributed by atoms with van der Waals surface area (Å²) in [6, 6.07) is 2.08. The SMILES string of the molecule is Cc1cc2c(N3CCNCC3)nc(N)nc2[nH]1. The Bertz CT molecular complexity index is 540. The second kappa shape index (κ2) is 3.89. The molecule has 1 saturated heterocycles. The van der Waals surface area contributed by atoms with E-state index < -0.39 is 0 Å². The van der Waals surface area contributed by atoms with Crippen LogP contribution in [0.2, 0.25) is 0 Å². The molecular formula is C11H16N6. The predicted molar refractivity (Wildman–Crippen MR) is 68.1 cm³/mol. The summed E-state index contributed by atoms with van der Waals surface area (Å²) >= 11 is 0. The van der Waals surface area contributed by atoms with Crippen LogP contribution in [0.3, 0.4) is 0 Å². The van der Waals surface area contributed by atoms with Gasteiger partial charge in [0.15, 0.2) is 0 Å². The van der Waals surface area contributed by atoms with Crippen molar-refractivity contribution in [2.24, 2.45) is 0 Å². The van der Waals surface area contributed by atoms with Gasteiger partial charge in [-0.15, -0.1) is 0 Å². The Hall–Kier alpha value is -1.82. The van der Waals surface area contributed by atoms with Gasteiger partial charge in [-0.1, -0.05) is 0 Å². The molecule has 0 radical (unpaired) electrons. The van der Waals surface area contributed by atoms with Crippen LogP contribution in [0.15, 0.2) is 6.07 Å². The number of anilines is 2. The number of nitrogens with two attached hydrogens (primary N) is 1. The van der Waals surface area contributed by atoms with E-state index in [0.29, 0.717) is 5.95 Å². The molecule has 17 heavy (non-hydrogen) atoms. The molecule has 90 valence electrons. The number of H-pyrrole nitrogens is 1. The molecule has 2 aromatic heterocycles. The van der Waals surface area contributed by atoms with Gasteiger partial charge in [-0.2, -0.15) is 9.97 Å². The number of nitrogen functional groups attached to an aromatic ring is 1. The highest BCUT2D eigenvalue weighted by Crippen LogP contribution is 2.25. The zero-order chi connectivity index (χ0) is 11.8. The molecular weight excluding hydrogens is 216 g/mol. The molecule has 0 aromatic carbocycles. The Labute approximate surface area is 99.2 Å². The predicted octanol–water partition coefficient (Wildman–Crippen LogP) is 0.258. The summed E-state index contributed by atoms with van der Waals surface area (Å²) in [5, 5.41) is 4.38. The van der Waals surface area contributed by atoms with Gasteiger partial charge < -0.3 is 20.9 Å². The molecule has 6 nitrogen and oxygen atoms in total. The fourth-order valence-corrected chi connectivity index (χ4v) is 2.26. The molecule has 2 aromatic rings. The van der Waals surface area contributed by atoms with Crippen molar-refractivity contribution < 1.29 is 0 Å². The number of nitrogens with zero attached hydrogens (tertiary/aromatic N) is 3. The first-order chi connectivity index (χ1) is 8.24. The molecule has 1 fully saturated rings. The summed E-state index contributed by atoms with van der Waals surface area (Å²) in [4.78, 5) is 14.1. The van der Waals surface area contributed by atoms with Crippen LogP contribution < -0.4 is 16.0 Å². The Balaban J connectivity index is 2.12. The number of fused-ring (bicyclic) bond motifs is 1. The Morgan fingerprint density at radius 1 is 1.29 bits per heavy atom. The van der Waals surface area contributed by atoms with E-state index in [4.69, 9.17) is 5.73 Å². The van der Waals surface area contributed by atoms with Gasteiger partial charge in [-0.3, -0.25) is 0 Å². The van der Waals surface area contributed by atoms with E-state index in [1.165, 1.54) is 0 Å². The summed E-state index contributed by atoms with van der Waals surface area (Å²) in [7, 11) is 0. The molecule has 1 aliphatic heterocycles. The van der Waals surface area contributed by atoms with Gasteiger partial charge in [0.2, 0.25) is 5.95 Å². The maximum Gasteiger partial charge on any atom is 0.223 e. The Morgan fingerprint density at radius 3 is 2.82 bits per heavy atom. The third kappa shape index (κ3) is 1.80. The summed E-state index contributed by atoms with van der Waals surface area (Å²) in [5.74, 6) is 1.27. The van der Waals surface area contributed by atoms with Crippen LogP contribution in [0.25, 0.3) is 11.0 Å². The standard InChI is InChI=1S/C11H16N6/c1-7-6-8-9(14-7)15-11(12)16-10(8)17-4-2-13-3-5-17/h6,13H,2-5H2,1H3,(H3,12,14,15,16). The van der Waals surface area contributed by atoms with Crippen molar-refractivity contribution in [3.63, 3.8) is 0 Å². The summed E-state index contributed by atoms with van der Waals surface area (Å²) in [5.41, 5.74) is 7.66. The number of hydrogen-bond acceptors (Lipinski definition) is 5. The number of rotatable bonds is 1. The summed E-state index contributed by atoms with van der Waals surface area (Å²) < 4.78 is 0. The minimum atomic E-state index is 0.327. The van der Waals surface area contributed by atoms with E-state index in [-0.39, 0.29) is 0 Å². The highest BCUT2D eigenvalue weighted by atomic mass is 15.3. The van der Waals surface area contributed by atoms with Gasteiger partial charge in [0, 0.05) is 31.9 Å². The molecule has 0 amide bonds. The number of piperazine rings is 1. The highest BCUT2D eigenvalue weighted by Gasteiger charge is 2.17. The maximum absolute atomic E-state index is 5.76. The van der Waals surface area contributed by atoms with Gasteiger partial charge in [0.05, 0.1) is 5.39 Å². The van der Waals surface area contributed by atoms with Gasteiger partial charge in [0.1, 0.15) is 11.5 Å². The maximum atomic E-state index is 5.76. The van der Waals surface area contributed by atoms with E-state index in [1.54, 1.807) is 0 Å². The molecule has 3 heterocycles. The normalized spacial score (nSPS) is 16.6. The zero-order valence-electron chi connectivity index (χ0n) is 9.82. The number of nitrogens with one attached hydrogen (secondary N) is 2. The molecule has 0 aliphatic carbocycles. The first-order valence-corrected chi connectivity index (χ1v) is 5.82. The fourth-order valence-electron chi connectivity index (χ4n) is 2.26. The van der Waals surface area contributed by atoms with Crippen LogP contribution in [-0.4, -0.2) is 41.1 Å². The summed E-state index contributed by atoms with van der Waals surface area (Å²) in [6.07, 6.45) is 0. The van der Waals surface area contributed by atoms with Gasteiger partial charge in [-0.25, -0.2) is 0 Å². The average molecular weight is 232 g/mol. The fraction of sp³-hybridized carbons (Fsp3) is 0.455. The van der Waals surface area contributed by atoms with E-state index >= 15 is 0 Å². The van der Waals surface area contributed by atoms with Crippen molar-refractivity contribution in [3.8, 4) is 0 Å². The quantitative estimate of drug-likeness (QED) is 0.657. The van der Waals surface area contributed by atoms with Crippen molar-refractivity contribution in [1.29, 1.82) is 0 Å². The molecule has 4 N–H and O–H groups in total. The smallest absolute Gasteiger partial charge is 0.223 e. The van der Waals surface area contributed by atoms with Crippen molar-refractivity contribution >= 4 is 22.8 Å². The van der Waals surface area contributed by atoms with Crippen molar-refractivity contribution in [3.05, 3.63) is 11.8 Å². The van der Waals surface area contributed by atoms with Crippen LogP contribution in [0.4, 0.5) is 11.8 Å². The minimum Gasteiger partial charge on any atom is -0.368 e. The molecule has 3 rings (SSSR count). The third-order valence-corrected chi connectivity index (χ3v) is 3.04. The number of aromatic amines is 1. The topological polar surface area (TPSA) is 82.9 Å². The van der Waals surface area contributed by atoms with E-state index in [2.05, 4.69) is 31.2 Å². The molecule has 0 saturated carbocycles. The molecule has 0 unspecified atom stereocenters. The highest BCUT2D eigenvalue weighted by molar-refractivity contribution is 5.89. The Morgan fingerprint density at radius 2 is 2.06 bits per heavy atom. The van der Waals surface area contributed by atoms with E-state index in [0.717, 1.165) is 48.7 Å². The molecule has 0 bridgehead atoms. The lowest BCUT2D eigenvalue weighted by molar-refractivity contribution is 0.586. The second-order valence-corrected chi connectivity index (χ2v) is 4.36. The zero-order valence-corrected chi connectivity index (χ0v) is 9.82. The number of hydrogen-bond donors (Lipinski definition) is 3. The Kier molecular flexibility index (Phi) is 2.36. The number of aryl methyl sites for hydroxylation is 1. The monoisotopic (exact) mass is 232 g/mol. The van der Waals surface area contributed by atoms with Crippen LogP contribution in [0, 0.1) is 6.92 Å². The minimum absolute atomic E-state index is 0.327. The summed E-state index contributed by atoms with van der Waals surface area (Å²) in [6.45, 7) is 5.88. The van der Waals surface area contributed by atoms with Crippen molar-refractivity contribution in [1.82, 2.24) is 20.3 Å². The van der Waals surface area contributed by atoms with Crippen LogP contribution >= 0.6 is 0 Å². The van der Waals surface area contributed by atoms with E-state index in [1.807, 2.05) is 6.92 Å². The van der Waals surface area contributed by atoms with Gasteiger partial charge in [-0.05, 0) is 13.0 Å². The molecule has 0 spiro atoms. The van der Waals surface area contributed by atoms with Crippen LogP contribution in [0.1, 0.15) is 5.69 Å². The lowest BCUT2D eigenvalue weighted by atomic mass is 10.3. The van der Waals surface area contributed by atoms with Crippen LogP contribution in [0.5, 0.6) is 0 Å². The van der Waals surface area contributed by atoms with E-state index in [9.17, 15) is 0 Å². The van der Waals surface area contributed by atoms with Crippen molar-refractivity contribution in [2.45, 2.75) is 6.92 Å². The average Bonchev–Trinajstić information content (AvgIpc) is 2.69. The molecule has 0 atom stereocenters. The van der Waals surface area contributed by atoms with Gasteiger partial charge in [0.25, 0.3) is 0 Å². The van der Waals surface area contributed by atoms with Crippen molar-refractivity contribution in [2.75, 3.05) is 36.8 Å². The third-order valence-electron chi connectivity index (χ3n) is 3.04. The largest absolute Gasteiger partial charge is 0.368 e.